The van der Waals surface area contributed by atoms with Gasteiger partial charge in [-0.25, -0.2) is 4.68 Å². The largest absolute Gasteiger partial charge is 0.497 e. The van der Waals surface area contributed by atoms with Gasteiger partial charge in [0.2, 0.25) is 0 Å². The topological polar surface area (TPSA) is 49.2 Å². The molecule has 124 valence electrons. The van der Waals surface area contributed by atoms with E-state index in [1.807, 2.05) is 48.7 Å². The van der Waals surface area contributed by atoms with Gasteiger partial charge in [0, 0.05) is 42.2 Å². The molecule has 0 saturated heterocycles. The molecule has 2 aromatic carbocycles. The summed E-state index contributed by atoms with van der Waals surface area (Å²) in [6.45, 7) is 2.05. The molecule has 0 amide bonds. The summed E-state index contributed by atoms with van der Waals surface area (Å²) in [7, 11) is 1.64. The second-order valence-electron chi connectivity index (χ2n) is 5.75. The van der Waals surface area contributed by atoms with Crippen LogP contribution in [-0.2, 0) is 0 Å². The molecule has 0 bridgehead atoms. The number of aromatic nitrogens is 3. The van der Waals surface area contributed by atoms with Gasteiger partial charge in [0.1, 0.15) is 17.2 Å². The number of aryl methyl sites for hydroxylation is 1. The molecule has 0 aliphatic heterocycles. The van der Waals surface area contributed by atoms with Crippen LogP contribution in [0.4, 0.5) is 0 Å². The van der Waals surface area contributed by atoms with Crippen molar-refractivity contribution in [2.45, 2.75) is 6.92 Å². The first-order valence-corrected chi connectivity index (χ1v) is 7.95. The normalized spacial score (nSPS) is 10.8. The van der Waals surface area contributed by atoms with Crippen LogP contribution in [0.25, 0.3) is 16.6 Å². The molecule has 0 aliphatic carbocycles. The van der Waals surface area contributed by atoms with E-state index < -0.39 is 0 Å². The van der Waals surface area contributed by atoms with Crippen LogP contribution in [0.15, 0.2) is 67.1 Å². The summed E-state index contributed by atoms with van der Waals surface area (Å²) in [4.78, 5) is 4.40. The number of methoxy groups -OCH3 is 1. The number of benzene rings is 2. The van der Waals surface area contributed by atoms with E-state index in [2.05, 4.69) is 23.1 Å². The zero-order chi connectivity index (χ0) is 17.2. The second kappa shape index (κ2) is 6.28. The number of rotatable bonds is 4. The third kappa shape index (κ3) is 3.04. The van der Waals surface area contributed by atoms with Crippen molar-refractivity contribution in [2.75, 3.05) is 7.11 Å². The second-order valence-corrected chi connectivity index (χ2v) is 5.75. The summed E-state index contributed by atoms with van der Waals surface area (Å²) in [6.07, 6.45) is 5.37. The van der Waals surface area contributed by atoms with Crippen LogP contribution in [0.5, 0.6) is 17.2 Å². The van der Waals surface area contributed by atoms with Gasteiger partial charge in [-0.05, 0) is 31.2 Å². The zero-order valence-corrected chi connectivity index (χ0v) is 14.0. The van der Waals surface area contributed by atoms with Crippen LogP contribution in [0, 0.1) is 6.92 Å². The molecule has 0 unspecified atom stereocenters. The van der Waals surface area contributed by atoms with Crippen molar-refractivity contribution in [3.8, 4) is 22.9 Å². The molecule has 25 heavy (non-hydrogen) atoms. The lowest BCUT2D eigenvalue weighted by Crippen LogP contribution is -1.97. The Labute approximate surface area is 145 Å². The standard InChI is InChI=1S/C20H17N3O2/c1-14-4-5-19-18(10-14)20(6-8-21-19)25-17-12-15(11-16(13-17)24-2)23-9-3-7-22-23/h3-13H,1-2H3. The van der Waals surface area contributed by atoms with Crippen molar-refractivity contribution < 1.29 is 9.47 Å². The van der Waals surface area contributed by atoms with Crippen molar-refractivity contribution >= 4 is 10.9 Å². The van der Waals surface area contributed by atoms with E-state index in [4.69, 9.17) is 9.47 Å². The molecule has 0 saturated carbocycles. The first kappa shape index (κ1) is 15.2. The van der Waals surface area contributed by atoms with Crippen molar-refractivity contribution in [3.05, 3.63) is 72.7 Å². The molecule has 0 fully saturated rings. The Morgan fingerprint density at radius 1 is 0.960 bits per heavy atom. The highest BCUT2D eigenvalue weighted by molar-refractivity contribution is 5.85. The van der Waals surface area contributed by atoms with Gasteiger partial charge in [-0.1, -0.05) is 11.6 Å². The van der Waals surface area contributed by atoms with E-state index in [0.29, 0.717) is 11.5 Å². The van der Waals surface area contributed by atoms with Crippen LogP contribution < -0.4 is 9.47 Å². The maximum Gasteiger partial charge on any atom is 0.138 e. The fourth-order valence-electron chi connectivity index (χ4n) is 2.74. The van der Waals surface area contributed by atoms with E-state index in [0.717, 1.165) is 27.9 Å². The number of nitrogens with zero attached hydrogens (tertiary/aromatic N) is 3. The van der Waals surface area contributed by atoms with E-state index >= 15 is 0 Å². The van der Waals surface area contributed by atoms with Gasteiger partial charge in [0.05, 0.1) is 18.3 Å². The first-order chi connectivity index (χ1) is 12.2. The molecule has 5 nitrogen and oxygen atoms in total. The molecule has 0 radical (unpaired) electrons. The zero-order valence-electron chi connectivity index (χ0n) is 14.0. The van der Waals surface area contributed by atoms with Crippen LogP contribution in [0.3, 0.4) is 0 Å². The number of ether oxygens (including phenoxy) is 2. The molecule has 2 heterocycles. The molecular formula is C20H17N3O2. The SMILES string of the molecule is COc1cc(Oc2ccnc3ccc(C)cc23)cc(-n2cccn2)c1. The lowest BCUT2D eigenvalue weighted by Gasteiger charge is -2.12. The van der Waals surface area contributed by atoms with E-state index in [1.54, 1.807) is 24.2 Å². The summed E-state index contributed by atoms with van der Waals surface area (Å²) in [6, 6.07) is 15.6. The molecule has 0 spiro atoms. The molecule has 0 aliphatic rings. The van der Waals surface area contributed by atoms with Crippen molar-refractivity contribution in [1.82, 2.24) is 14.8 Å². The maximum atomic E-state index is 6.17. The maximum absolute atomic E-state index is 6.17. The van der Waals surface area contributed by atoms with Crippen LogP contribution in [0.1, 0.15) is 5.56 Å². The highest BCUT2D eigenvalue weighted by atomic mass is 16.5. The lowest BCUT2D eigenvalue weighted by molar-refractivity contribution is 0.409. The highest BCUT2D eigenvalue weighted by Gasteiger charge is 2.09. The van der Waals surface area contributed by atoms with Gasteiger partial charge in [-0.15, -0.1) is 0 Å². The summed E-state index contributed by atoms with van der Waals surface area (Å²) in [5.74, 6) is 2.14. The van der Waals surface area contributed by atoms with Crippen LogP contribution >= 0.6 is 0 Å². The predicted octanol–water partition coefficient (Wildman–Crippen LogP) is 4.53. The van der Waals surface area contributed by atoms with Gasteiger partial charge < -0.3 is 9.47 Å². The van der Waals surface area contributed by atoms with E-state index in [-0.39, 0.29) is 0 Å². The minimum absolute atomic E-state index is 0.679. The van der Waals surface area contributed by atoms with E-state index in [9.17, 15) is 0 Å². The number of pyridine rings is 1. The van der Waals surface area contributed by atoms with Gasteiger partial charge >= 0.3 is 0 Å². The van der Waals surface area contributed by atoms with Crippen molar-refractivity contribution in [1.29, 1.82) is 0 Å². The Morgan fingerprint density at radius 3 is 2.64 bits per heavy atom. The molecule has 0 atom stereocenters. The first-order valence-electron chi connectivity index (χ1n) is 7.95. The average molecular weight is 331 g/mol. The summed E-state index contributed by atoms with van der Waals surface area (Å²) >= 11 is 0. The van der Waals surface area contributed by atoms with Gasteiger partial charge in [-0.2, -0.15) is 5.10 Å². The van der Waals surface area contributed by atoms with E-state index in [1.165, 1.54) is 0 Å². The highest BCUT2D eigenvalue weighted by Crippen LogP contribution is 2.32. The predicted molar refractivity (Wildman–Crippen MR) is 96.7 cm³/mol. The van der Waals surface area contributed by atoms with Crippen molar-refractivity contribution in [2.24, 2.45) is 0 Å². The molecule has 4 aromatic rings. The quantitative estimate of drug-likeness (QED) is 0.551. The monoisotopic (exact) mass is 331 g/mol. The van der Waals surface area contributed by atoms with Gasteiger partial charge in [0.15, 0.2) is 0 Å². The molecule has 5 heteroatoms. The Morgan fingerprint density at radius 2 is 1.84 bits per heavy atom. The third-order valence-corrected chi connectivity index (χ3v) is 3.95. The summed E-state index contributed by atoms with van der Waals surface area (Å²) < 4.78 is 13.3. The lowest BCUT2D eigenvalue weighted by atomic mass is 10.1. The van der Waals surface area contributed by atoms with Crippen molar-refractivity contribution in [3.63, 3.8) is 0 Å². The average Bonchev–Trinajstić information content (AvgIpc) is 3.17. The smallest absolute Gasteiger partial charge is 0.138 e. The molecule has 0 N–H and O–H groups in total. The minimum Gasteiger partial charge on any atom is -0.497 e. The van der Waals surface area contributed by atoms with Crippen LogP contribution in [0.2, 0.25) is 0 Å². The molecule has 4 rings (SSSR count). The Bertz CT molecular complexity index is 1030. The summed E-state index contributed by atoms with van der Waals surface area (Å²) in [5, 5.41) is 5.24. The third-order valence-electron chi connectivity index (χ3n) is 3.95. The number of hydrogen-bond donors (Lipinski definition) is 0. The Balaban J connectivity index is 1.78. The number of hydrogen-bond acceptors (Lipinski definition) is 4. The Kier molecular flexibility index (Phi) is 3.82. The summed E-state index contributed by atoms with van der Waals surface area (Å²) in [5.41, 5.74) is 2.93. The number of fused-ring (bicyclic) bond motifs is 1. The molecule has 2 aromatic heterocycles. The van der Waals surface area contributed by atoms with Crippen LogP contribution in [-0.4, -0.2) is 21.9 Å². The fraction of sp³-hybridized carbons (Fsp3) is 0.100. The van der Waals surface area contributed by atoms with Gasteiger partial charge in [0.25, 0.3) is 0 Å². The molecular weight excluding hydrogens is 314 g/mol. The fourth-order valence-corrected chi connectivity index (χ4v) is 2.74. The Hall–Kier alpha value is -3.34. The van der Waals surface area contributed by atoms with Gasteiger partial charge in [-0.3, -0.25) is 4.98 Å². The minimum atomic E-state index is 0.679.